The van der Waals surface area contributed by atoms with Crippen LogP contribution in [0, 0.1) is 5.82 Å². The number of benzene rings is 1. The first-order chi connectivity index (χ1) is 9.40. The first-order valence-corrected chi connectivity index (χ1v) is 7.85. The number of carbonyl (C=O) groups is 1. The number of thiophene rings is 1. The second kappa shape index (κ2) is 6.06. The third kappa shape index (κ3) is 3.46. The summed E-state index contributed by atoms with van der Waals surface area (Å²) in [7, 11) is 0. The largest absolute Gasteiger partial charge is 0.351 e. The number of hydrogen-bond donors (Lipinski definition) is 1. The van der Waals surface area contributed by atoms with Crippen LogP contribution in [-0.2, 0) is 5.41 Å². The Morgan fingerprint density at radius 1 is 1.40 bits per heavy atom. The van der Waals surface area contributed by atoms with Crippen LogP contribution in [0.4, 0.5) is 4.39 Å². The maximum Gasteiger partial charge on any atom is 0.251 e. The molecule has 2 nitrogen and oxygen atoms in total. The third-order valence-corrected chi connectivity index (χ3v) is 4.90. The Balaban J connectivity index is 2.03. The monoisotopic (exact) mass is 355 g/mol. The molecule has 1 N–H and O–H groups in total. The molecule has 1 aromatic carbocycles. The van der Waals surface area contributed by atoms with E-state index in [0.29, 0.717) is 16.6 Å². The Labute approximate surface area is 130 Å². The van der Waals surface area contributed by atoms with Crippen molar-refractivity contribution in [3.8, 4) is 0 Å². The molecule has 1 amide bonds. The Kier molecular flexibility index (Phi) is 4.60. The molecular weight excluding hydrogens is 341 g/mol. The fourth-order valence-electron chi connectivity index (χ4n) is 1.79. The normalized spacial score (nSPS) is 11.4. The van der Waals surface area contributed by atoms with E-state index in [-0.39, 0.29) is 17.1 Å². The van der Waals surface area contributed by atoms with Gasteiger partial charge in [0.2, 0.25) is 0 Å². The average Bonchev–Trinajstić information content (AvgIpc) is 2.94. The molecule has 5 heteroatoms. The molecule has 106 valence electrons. The van der Waals surface area contributed by atoms with Gasteiger partial charge in [-0.1, -0.05) is 19.9 Å². The van der Waals surface area contributed by atoms with Crippen molar-refractivity contribution < 1.29 is 9.18 Å². The number of nitrogens with one attached hydrogen (secondary N) is 1. The van der Waals surface area contributed by atoms with Crippen molar-refractivity contribution in [3.05, 3.63) is 56.4 Å². The first-order valence-electron chi connectivity index (χ1n) is 6.17. The van der Waals surface area contributed by atoms with Gasteiger partial charge in [-0.15, -0.1) is 11.3 Å². The predicted molar refractivity (Wildman–Crippen MR) is 83.8 cm³/mol. The van der Waals surface area contributed by atoms with Gasteiger partial charge in [0, 0.05) is 22.4 Å². The van der Waals surface area contributed by atoms with Crippen LogP contribution in [0.5, 0.6) is 0 Å². The Morgan fingerprint density at radius 2 is 2.15 bits per heavy atom. The predicted octanol–water partition coefficient (Wildman–Crippen LogP) is 4.36. The minimum atomic E-state index is -0.375. The van der Waals surface area contributed by atoms with Crippen LogP contribution in [-0.4, -0.2) is 12.5 Å². The van der Waals surface area contributed by atoms with E-state index < -0.39 is 0 Å². The molecule has 0 bridgehead atoms. The van der Waals surface area contributed by atoms with Gasteiger partial charge in [0.25, 0.3) is 5.91 Å². The van der Waals surface area contributed by atoms with E-state index in [1.54, 1.807) is 11.3 Å². The van der Waals surface area contributed by atoms with Gasteiger partial charge in [-0.05, 0) is 45.6 Å². The number of amides is 1. The number of rotatable bonds is 4. The van der Waals surface area contributed by atoms with Crippen molar-refractivity contribution in [2.75, 3.05) is 6.54 Å². The Bertz CT molecular complexity index is 610. The van der Waals surface area contributed by atoms with Gasteiger partial charge < -0.3 is 5.32 Å². The third-order valence-electron chi connectivity index (χ3n) is 3.06. The van der Waals surface area contributed by atoms with E-state index in [0.717, 1.165) is 0 Å². The fourth-order valence-corrected chi connectivity index (χ4v) is 3.02. The molecule has 0 unspecified atom stereocenters. The summed E-state index contributed by atoms with van der Waals surface area (Å²) in [5.41, 5.74) is 0.321. The van der Waals surface area contributed by atoms with Crippen LogP contribution in [0.3, 0.4) is 0 Å². The second-order valence-corrected chi connectivity index (χ2v) is 6.97. The summed E-state index contributed by atoms with van der Waals surface area (Å²) < 4.78 is 13.4. The van der Waals surface area contributed by atoms with Crippen LogP contribution in [0.15, 0.2) is 40.2 Å². The topological polar surface area (TPSA) is 29.1 Å². The fraction of sp³-hybridized carbons (Fsp3) is 0.267. The lowest BCUT2D eigenvalue weighted by Crippen LogP contribution is -2.36. The molecule has 1 aromatic heterocycles. The molecule has 0 aliphatic carbocycles. The Hall–Kier alpha value is -1.20. The van der Waals surface area contributed by atoms with E-state index in [4.69, 9.17) is 0 Å². The maximum atomic E-state index is 13.1. The molecule has 0 radical (unpaired) electrons. The highest BCUT2D eigenvalue weighted by Crippen LogP contribution is 2.26. The zero-order valence-corrected chi connectivity index (χ0v) is 13.6. The summed E-state index contributed by atoms with van der Waals surface area (Å²) in [6, 6.07) is 8.31. The lowest BCUT2D eigenvalue weighted by atomic mass is 9.91. The van der Waals surface area contributed by atoms with Gasteiger partial charge in [-0.3, -0.25) is 4.79 Å². The van der Waals surface area contributed by atoms with Gasteiger partial charge >= 0.3 is 0 Å². The van der Waals surface area contributed by atoms with E-state index in [2.05, 4.69) is 41.2 Å². The van der Waals surface area contributed by atoms with Crippen molar-refractivity contribution in [2.24, 2.45) is 0 Å². The average molecular weight is 356 g/mol. The summed E-state index contributed by atoms with van der Waals surface area (Å²) in [5, 5.41) is 4.92. The molecule has 0 saturated heterocycles. The van der Waals surface area contributed by atoms with Crippen LogP contribution in [0.25, 0.3) is 0 Å². The summed E-state index contributed by atoms with van der Waals surface area (Å²) >= 11 is 4.76. The number of halogens is 2. The van der Waals surface area contributed by atoms with Crippen molar-refractivity contribution in [3.63, 3.8) is 0 Å². The van der Waals surface area contributed by atoms with E-state index in [1.165, 1.54) is 23.1 Å². The summed E-state index contributed by atoms with van der Waals surface area (Å²) in [5.74, 6) is -0.573. The molecule has 0 spiro atoms. The molecule has 0 atom stereocenters. The van der Waals surface area contributed by atoms with Gasteiger partial charge in [-0.25, -0.2) is 4.39 Å². The van der Waals surface area contributed by atoms with Gasteiger partial charge in [0.15, 0.2) is 0 Å². The van der Waals surface area contributed by atoms with Gasteiger partial charge in [-0.2, -0.15) is 0 Å². The molecule has 0 saturated carbocycles. The van der Waals surface area contributed by atoms with Crippen molar-refractivity contribution in [1.82, 2.24) is 5.32 Å². The standard InChI is InChI=1S/C15H15BrFNOS/c1-15(2,13-4-3-7-20-13)9-18-14(19)10-5-6-12(17)11(16)8-10/h3-8H,9H2,1-2H3,(H,18,19). The zero-order valence-electron chi connectivity index (χ0n) is 11.2. The molecule has 0 aliphatic heterocycles. The van der Waals surface area contributed by atoms with E-state index in [1.807, 2.05) is 11.4 Å². The highest BCUT2D eigenvalue weighted by atomic mass is 79.9. The zero-order chi connectivity index (χ0) is 14.8. The minimum Gasteiger partial charge on any atom is -0.351 e. The van der Waals surface area contributed by atoms with Gasteiger partial charge in [0.05, 0.1) is 4.47 Å². The molecule has 1 heterocycles. The highest BCUT2D eigenvalue weighted by Gasteiger charge is 2.22. The first kappa shape index (κ1) is 15.2. The lowest BCUT2D eigenvalue weighted by Gasteiger charge is -2.23. The van der Waals surface area contributed by atoms with Crippen LogP contribution >= 0.6 is 27.3 Å². The van der Waals surface area contributed by atoms with Gasteiger partial charge in [0.1, 0.15) is 5.82 Å². The minimum absolute atomic E-state index is 0.124. The van der Waals surface area contributed by atoms with Crippen molar-refractivity contribution in [1.29, 1.82) is 0 Å². The summed E-state index contributed by atoms with van der Waals surface area (Å²) in [6.07, 6.45) is 0. The lowest BCUT2D eigenvalue weighted by molar-refractivity contribution is 0.0946. The molecule has 0 aliphatic rings. The van der Waals surface area contributed by atoms with Crippen molar-refractivity contribution >= 4 is 33.2 Å². The smallest absolute Gasteiger partial charge is 0.251 e. The van der Waals surface area contributed by atoms with E-state index >= 15 is 0 Å². The maximum absolute atomic E-state index is 13.1. The van der Waals surface area contributed by atoms with Crippen molar-refractivity contribution in [2.45, 2.75) is 19.3 Å². The van der Waals surface area contributed by atoms with Crippen LogP contribution in [0.2, 0.25) is 0 Å². The quantitative estimate of drug-likeness (QED) is 0.867. The summed E-state index contributed by atoms with van der Waals surface area (Å²) in [6.45, 7) is 4.70. The molecule has 2 rings (SSSR count). The van der Waals surface area contributed by atoms with Crippen LogP contribution < -0.4 is 5.32 Å². The SMILES string of the molecule is CC(C)(CNC(=O)c1ccc(F)c(Br)c1)c1cccs1. The summed E-state index contributed by atoms with van der Waals surface area (Å²) in [4.78, 5) is 13.3. The van der Waals surface area contributed by atoms with E-state index in [9.17, 15) is 9.18 Å². The second-order valence-electron chi connectivity index (χ2n) is 5.17. The Morgan fingerprint density at radius 3 is 2.75 bits per heavy atom. The molecular formula is C15H15BrFNOS. The number of carbonyl (C=O) groups excluding carboxylic acids is 1. The van der Waals surface area contributed by atoms with Crippen LogP contribution in [0.1, 0.15) is 29.1 Å². The number of hydrogen-bond acceptors (Lipinski definition) is 2. The molecule has 2 aromatic rings. The molecule has 20 heavy (non-hydrogen) atoms. The highest BCUT2D eigenvalue weighted by molar-refractivity contribution is 9.10. The molecule has 0 fully saturated rings.